The number of hydrogen-bond donors (Lipinski definition) is 2. The van der Waals surface area contributed by atoms with E-state index in [0.29, 0.717) is 6.61 Å². The summed E-state index contributed by atoms with van der Waals surface area (Å²) in [7, 11) is 0. The second kappa shape index (κ2) is 5.61. The van der Waals surface area contributed by atoms with Crippen LogP contribution < -0.4 is 5.32 Å². The Labute approximate surface area is 81.7 Å². The fraction of sp³-hybridized carbons (Fsp3) is 1.00. The van der Waals surface area contributed by atoms with Crippen molar-refractivity contribution >= 4 is 0 Å². The van der Waals surface area contributed by atoms with Gasteiger partial charge in [-0.15, -0.1) is 0 Å². The van der Waals surface area contributed by atoms with Gasteiger partial charge in [-0.05, 0) is 50.1 Å². The van der Waals surface area contributed by atoms with Crippen molar-refractivity contribution in [1.82, 2.24) is 5.32 Å². The number of hydrogen-bond acceptors (Lipinski definition) is 2. The molecule has 0 aromatic heterocycles. The van der Waals surface area contributed by atoms with Crippen LogP contribution >= 0.6 is 0 Å². The number of aliphatic hydroxyl groups excluding tert-OH is 1. The summed E-state index contributed by atoms with van der Waals surface area (Å²) >= 11 is 0. The first kappa shape index (κ1) is 11.0. The zero-order valence-corrected chi connectivity index (χ0v) is 8.92. The fourth-order valence-electron chi connectivity index (χ4n) is 2.19. The van der Waals surface area contributed by atoms with Crippen LogP contribution in [0.25, 0.3) is 0 Å². The largest absolute Gasteiger partial charge is 0.396 e. The molecule has 3 atom stereocenters. The molecule has 1 saturated carbocycles. The average Bonchev–Trinajstić information content (AvgIpc) is 2.85. The first-order valence-corrected chi connectivity index (χ1v) is 5.61. The van der Waals surface area contributed by atoms with E-state index in [1.54, 1.807) is 0 Å². The lowest BCUT2D eigenvalue weighted by Crippen LogP contribution is -2.17. The third-order valence-corrected chi connectivity index (χ3v) is 3.23. The van der Waals surface area contributed by atoms with Crippen LogP contribution in [0, 0.1) is 17.8 Å². The van der Waals surface area contributed by atoms with Crippen molar-refractivity contribution in [3.05, 3.63) is 0 Å². The van der Waals surface area contributed by atoms with Crippen LogP contribution in [0.4, 0.5) is 0 Å². The van der Waals surface area contributed by atoms with Crippen molar-refractivity contribution < 1.29 is 5.11 Å². The van der Waals surface area contributed by atoms with Crippen molar-refractivity contribution in [3.63, 3.8) is 0 Å². The second-order valence-corrected chi connectivity index (χ2v) is 4.29. The smallest absolute Gasteiger partial charge is 0.0433 e. The molecule has 1 fully saturated rings. The molecular formula is C11H23NO. The van der Waals surface area contributed by atoms with Crippen LogP contribution in [0.15, 0.2) is 0 Å². The van der Waals surface area contributed by atoms with E-state index in [1.807, 2.05) is 0 Å². The molecule has 0 aliphatic heterocycles. The van der Waals surface area contributed by atoms with Gasteiger partial charge in [0.15, 0.2) is 0 Å². The van der Waals surface area contributed by atoms with Crippen LogP contribution in [0.2, 0.25) is 0 Å². The van der Waals surface area contributed by atoms with E-state index >= 15 is 0 Å². The lowest BCUT2D eigenvalue weighted by Gasteiger charge is -2.10. The fourth-order valence-corrected chi connectivity index (χ4v) is 2.19. The van der Waals surface area contributed by atoms with Gasteiger partial charge in [0.05, 0.1) is 0 Å². The molecule has 0 spiro atoms. The van der Waals surface area contributed by atoms with Crippen LogP contribution in [0.5, 0.6) is 0 Å². The van der Waals surface area contributed by atoms with E-state index in [4.69, 9.17) is 5.11 Å². The molecule has 13 heavy (non-hydrogen) atoms. The van der Waals surface area contributed by atoms with Crippen molar-refractivity contribution in [2.45, 2.75) is 33.1 Å². The van der Waals surface area contributed by atoms with Crippen molar-refractivity contribution in [2.24, 2.45) is 17.8 Å². The molecule has 1 aliphatic carbocycles. The van der Waals surface area contributed by atoms with E-state index < -0.39 is 0 Å². The standard InChI is InChI=1S/C11H23NO/c1-3-12-6-4-9(2)11-8-10(11)5-7-13/h9-13H,3-8H2,1-2H3/t9?,10-,11-/m1/s1. The van der Waals surface area contributed by atoms with Gasteiger partial charge in [-0.1, -0.05) is 13.8 Å². The van der Waals surface area contributed by atoms with Crippen molar-refractivity contribution in [1.29, 1.82) is 0 Å². The number of nitrogens with one attached hydrogen (secondary N) is 1. The summed E-state index contributed by atoms with van der Waals surface area (Å²) < 4.78 is 0. The van der Waals surface area contributed by atoms with E-state index in [1.165, 1.54) is 12.8 Å². The first-order chi connectivity index (χ1) is 6.29. The molecule has 0 amide bonds. The quantitative estimate of drug-likeness (QED) is 0.591. The molecule has 1 aliphatic rings. The summed E-state index contributed by atoms with van der Waals surface area (Å²) in [5, 5.41) is 12.1. The summed E-state index contributed by atoms with van der Waals surface area (Å²) in [4.78, 5) is 0. The SMILES string of the molecule is CCNCCC(C)[C@H]1C[C@H]1CCO. The van der Waals surface area contributed by atoms with E-state index in [0.717, 1.165) is 37.3 Å². The zero-order valence-electron chi connectivity index (χ0n) is 8.92. The van der Waals surface area contributed by atoms with Gasteiger partial charge in [0, 0.05) is 6.61 Å². The molecule has 0 bridgehead atoms. The molecule has 2 nitrogen and oxygen atoms in total. The molecule has 1 rings (SSSR count). The molecule has 2 N–H and O–H groups in total. The van der Waals surface area contributed by atoms with Gasteiger partial charge < -0.3 is 10.4 Å². The van der Waals surface area contributed by atoms with Crippen LogP contribution in [0.3, 0.4) is 0 Å². The summed E-state index contributed by atoms with van der Waals surface area (Å²) in [6.45, 7) is 7.11. The molecule has 1 unspecified atom stereocenters. The lowest BCUT2D eigenvalue weighted by molar-refractivity contribution is 0.272. The van der Waals surface area contributed by atoms with Gasteiger partial charge in [-0.3, -0.25) is 0 Å². The molecule has 0 heterocycles. The molecule has 0 saturated heterocycles. The highest BCUT2D eigenvalue weighted by Gasteiger charge is 2.39. The van der Waals surface area contributed by atoms with Gasteiger partial charge in [-0.25, -0.2) is 0 Å². The Morgan fingerprint density at radius 2 is 2.31 bits per heavy atom. The molecule has 0 aromatic rings. The van der Waals surface area contributed by atoms with Crippen LogP contribution in [-0.4, -0.2) is 24.8 Å². The second-order valence-electron chi connectivity index (χ2n) is 4.29. The normalized spacial score (nSPS) is 28.8. The Hall–Kier alpha value is -0.0800. The summed E-state index contributed by atoms with van der Waals surface area (Å²) in [6, 6.07) is 0. The van der Waals surface area contributed by atoms with Crippen LogP contribution in [0.1, 0.15) is 33.1 Å². The van der Waals surface area contributed by atoms with E-state index in [-0.39, 0.29) is 0 Å². The third-order valence-electron chi connectivity index (χ3n) is 3.23. The monoisotopic (exact) mass is 185 g/mol. The summed E-state index contributed by atoms with van der Waals surface area (Å²) in [5.74, 6) is 2.59. The highest BCUT2D eigenvalue weighted by molar-refractivity contribution is 4.89. The third kappa shape index (κ3) is 3.65. The summed E-state index contributed by atoms with van der Waals surface area (Å²) in [6.07, 6.45) is 3.67. The maximum absolute atomic E-state index is 8.78. The Morgan fingerprint density at radius 1 is 1.54 bits per heavy atom. The van der Waals surface area contributed by atoms with E-state index in [9.17, 15) is 0 Å². The van der Waals surface area contributed by atoms with Gasteiger partial charge in [-0.2, -0.15) is 0 Å². The van der Waals surface area contributed by atoms with Gasteiger partial charge in [0.2, 0.25) is 0 Å². The average molecular weight is 185 g/mol. The Bertz CT molecular complexity index is 138. The minimum Gasteiger partial charge on any atom is -0.396 e. The topological polar surface area (TPSA) is 32.3 Å². The highest BCUT2D eigenvalue weighted by Crippen LogP contribution is 2.47. The first-order valence-electron chi connectivity index (χ1n) is 5.61. The Morgan fingerprint density at radius 3 is 2.92 bits per heavy atom. The number of aliphatic hydroxyl groups is 1. The predicted octanol–water partition coefficient (Wildman–Crippen LogP) is 1.64. The van der Waals surface area contributed by atoms with Crippen LogP contribution in [-0.2, 0) is 0 Å². The van der Waals surface area contributed by atoms with Gasteiger partial charge in [0.25, 0.3) is 0 Å². The molecule has 78 valence electrons. The van der Waals surface area contributed by atoms with E-state index in [2.05, 4.69) is 19.2 Å². The molecule has 0 aromatic carbocycles. The predicted molar refractivity (Wildman–Crippen MR) is 55.6 cm³/mol. The lowest BCUT2D eigenvalue weighted by atomic mass is 10.00. The molecule has 0 radical (unpaired) electrons. The Balaban J connectivity index is 2.02. The zero-order chi connectivity index (χ0) is 9.68. The highest BCUT2D eigenvalue weighted by atomic mass is 16.3. The molecule has 2 heteroatoms. The maximum atomic E-state index is 8.78. The van der Waals surface area contributed by atoms with Gasteiger partial charge in [0.1, 0.15) is 0 Å². The Kier molecular flexibility index (Phi) is 4.74. The molecular weight excluding hydrogens is 162 g/mol. The van der Waals surface area contributed by atoms with Crippen molar-refractivity contribution in [2.75, 3.05) is 19.7 Å². The van der Waals surface area contributed by atoms with Gasteiger partial charge >= 0.3 is 0 Å². The maximum Gasteiger partial charge on any atom is 0.0433 e. The number of rotatable bonds is 7. The van der Waals surface area contributed by atoms with Crippen molar-refractivity contribution in [3.8, 4) is 0 Å². The minimum atomic E-state index is 0.376. The summed E-state index contributed by atoms with van der Waals surface area (Å²) in [5.41, 5.74) is 0. The minimum absolute atomic E-state index is 0.376.